The summed E-state index contributed by atoms with van der Waals surface area (Å²) in [6, 6.07) is 6.65. The number of hydrogen-bond donors (Lipinski definition) is 1. The van der Waals surface area contributed by atoms with E-state index in [1.54, 1.807) is 14.0 Å². The van der Waals surface area contributed by atoms with Gasteiger partial charge in [0.05, 0.1) is 11.6 Å². The van der Waals surface area contributed by atoms with Crippen molar-refractivity contribution in [1.82, 2.24) is 5.32 Å². The summed E-state index contributed by atoms with van der Waals surface area (Å²) < 4.78 is 11.7. The van der Waals surface area contributed by atoms with Crippen LogP contribution < -0.4 is 14.8 Å². The van der Waals surface area contributed by atoms with E-state index in [4.69, 9.17) is 14.7 Å². The molecule has 0 spiro atoms. The van der Waals surface area contributed by atoms with E-state index in [-0.39, 0.29) is 0 Å². The number of nitriles is 1. The van der Waals surface area contributed by atoms with Crippen molar-refractivity contribution < 1.29 is 9.47 Å². The maximum atomic E-state index is 8.82. The Kier molecular flexibility index (Phi) is 4.67. The van der Waals surface area contributed by atoms with Crippen LogP contribution in [0.2, 0.25) is 0 Å². The predicted octanol–water partition coefficient (Wildman–Crippen LogP) is 3.00. The molecule has 0 saturated heterocycles. The van der Waals surface area contributed by atoms with Crippen LogP contribution >= 0.6 is 15.9 Å². The molecule has 2 rings (SSSR count). The van der Waals surface area contributed by atoms with Gasteiger partial charge >= 0.3 is 0 Å². The summed E-state index contributed by atoms with van der Waals surface area (Å²) >= 11 is 3.48. The average Bonchev–Trinajstić information content (AvgIpc) is 3.22. The van der Waals surface area contributed by atoms with Crippen LogP contribution in [0.3, 0.4) is 0 Å². The summed E-state index contributed by atoms with van der Waals surface area (Å²) in [5.74, 6) is 1.22. The van der Waals surface area contributed by atoms with E-state index in [9.17, 15) is 0 Å². The van der Waals surface area contributed by atoms with Gasteiger partial charge in [0.15, 0.2) is 17.6 Å². The van der Waals surface area contributed by atoms with Crippen LogP contribution in [-0.4, -0.2) is 19.3 Å². The largest absolute Gasteiger partial charge is 0.493 e. The number of rotatable bonds is 6. The maximum absolute atomic E-state index is 8.82. The first-order valence-electron chi connectivity index (χ1n) is 6.30. The van der Waals surface area contributed by atoms with Crippen LogP contribution in [0.25, 0.3) is 0 Å². The van der Waals surface area contributed by atoms with E-state index in [2.05, 4.69) is 21.2 Å². The lowest BCUT2D eigenvalue weighted by Crippen LogP contribution is -2.15. The molecule has 0 radical (unpaired) electrons. The summed E-state index contributed by atoms with van der Waals surface area (Å²) in [6.45, 7) is 2.52. The molecule has 102 valence electrons. The Hall–Kier alpha value is -1.25. The highest BCUT2D eigenvalue weighted by Crippen LogP contribution is 2.37. The van der Waals surface area contributed by atoms with Crippen LogP contribution in [0.5, 0.6) is 11.5 Å². The quantitative estimate of drug-likeness (QED) is 0.874. The van der Waals surface area contributed by atoms with E-state index in [1.165, 1.54) is 12.8 Å². The molecule has 1 aliphatic carbocycles. The van der Waals surface area contributed by atoms with Gasteiger partial charge in [0.2, 0.25) is 0 Å². The van der Waals surface area contributed by atoms with Crippen LogP contribution in [0.15, 0.2) is 16.6 Å². The molecule has 0 heterocycles. The highest BCUT2D eigenvalue weighted by molar-refractivity contribution is 9.10. The Bertz CT molecular complexity index is 495. The summed E-state index contributed by atoms with van der Waals surface area (Å²) in [5.41, 5.74) is 1.13. The normalized spacial score (nSPS) is 15.7. The maximum Gasteiger partial charge on any atom is 0.181 e. The van der Waals surface area contributed by atoms with Crippen molar-refractivity contribution in [1.29, 1.82) is 5.26 Å². The Morgan fingerprint density at radius 1 is 1.53 bits per heavy atom. The van der Waals surface area contributed by atoms with Crippen LogP contribution in [0, 0.1) is 11.3 Å². The van der Waals surface area contributed by atoms with Crippen molar-refractivity contribution in [3.8, 4) is 17.6 Å². The van der Waals surface area contributed by atoms with Gasteiger partial charge < -0.3 is 14.8 Å². The Morgan fingerprint density at radius 3 is 2.84 bits per heavy atom. The van der Waals surface area contributed by atoms with E-state index in [0.29, 0.717) is 17.5 Å². The molecule has 5 heteroatoms. The highest BCUT2D eigenvalue weighted by Gasteiger charge is 2.21. The summed E-state index contributed by atoms with van der Waals surface area (Å²) in [7, 11) is 1.60. The van der Waals surface area contributed by atoms with Crippen molar-refractivity contribution in [3.63, 3.8) is 0 Å². The standard InChI is InChI=1S/C14H17BrN2O2/c1-9(7-16)19-14-12(15)5-10(6-13(14)18-2)8-17-11-3-4-11/h5-6,9,11,17H,3-4,8H2,1-2H3. The minimum atomic E-state index is -0.513. The minimum Gasteiger partial charge on any atom is -0.493 e. The summed E-state index contributed by atoms with van der Waals surface area (Å²) in [5, 5.41) is 12.3. The Morgan fingerprint density at radius 2 is 2.26 bits per heavy atom. The fourth-order valence-corrected chi connectivity index (χ4v) is 2.33. The van der Waals surface area contributed by atoms with Gasteiger partial charge in [-0.15, -0.1) is 0 Å². The smallest absolute Gasteiger partial charge is 0.181 e. The number of nitrogens with one attached hydrogen (secondary N) is 1. The zero-order valence-corrected chi connectivity index (χ0v) is 12.7. The SMILES string of the molecule is COc1cc(CNC2CC2)cc(Br)c1OC(C)C#N. The van der Waals surface area contributed by atoms with Gasteiger partial charge in [0.1, 0.15) is 6.07 Å². The molecular weight excluding hydrogens is 308 g/mol. The molecule has 1 atom stereocenters. The molecule has 1 aromatic carbocycles. The van der Waals surface area contributed by atoms with Crippen LogP contribution in [0.1, 0.15) is 25.3 Å². The molecule has 4 nitrogen and oxygen atoms in total. The van der Waals surface area contributed by atoms with Gasteiger partial charge in [0.25, 0.3) is 0 Å². The third-order valence-corrected chi connectivity index (χ3v) is 3.53. The molecular formula is C14H17BrN2O2. The number of hydrogen-bond acceptors (Lipinski definition) is 4. The van der Waals surface area contributed by atoms with Gasteiger partial charge in [-0.1, -0.05) is 0 Å². The predicted molar refractivity (Wildman–Crippen MR) is 76.3 cm³/mol. The van der Waals surface area contributed by atoms with Gasteiger partial charge in [-0.05, 0) is 53.4 Å². The van der Waals surface area contributed by atoms with Crippen LogP contribution in [0.4, 0.5) is 0 Å². The molecule has 1 N–H and O–H groups in total. The Labute approximate surface area is 121 Å². The highest BCUT2D eigenvalue weighted by atomic mass is 79.9. The molecule has 19 heavy (non-hydrogen) atoms. The van der Waals surface area contributed by atoms with E-state index >= 15 is 0 Å². The Balaban J connectivity index is 2.16. The number of nitrogens with zero attached hydrogens (tertiary/aromatic N) is 1. The topological polar surface area (TPSA) is 54.3 Å². The van der Waals surface area contributed by atoms with Gasteiger partial charge in [-0.2, -0.15) is 5.26 Å². The fourth-order valence-electron chi connectivity index (χ4n) is 1.74. The number of methoxy groups -OCH3 is 1. The summed E-state index contributed by atoms with van der Waals surface area (Å²) in [4.78, 5) is 0. The second kappa shape index (κ2) is 6.27. The lowest BCUT2D eigenvalue weighted by Gasteiger charge is -2.15. The summed E-state index contributed by atoms with van der Waals surface area (Å²) in [6.07, 6.45) is 2.01. The van der Waals surface area contributed by atoms with Crippen molar-refractivity contribution in [3.05, 3.63) is 22.2 Å². The monoisotopic (exact) mass is 324 g/mol. The van der Waals surface area contributed by atoms with Gasteiger partial charge in [-0.3, -0.25) is 0 Å². The van der Waals surface area contributed by atoms with E-state index < -0.39 is 6.10 Å². The van der Waals surface area contributed by atoms with Crippen molar-refractivity contribution >= 4 is 15.9 Å². The molecule has 0 aliphatic heterocycles. The van der Waals surface area contributed by atoms with Crippen molar-refractivity contribution in [2.75, 3.05) is 7.11 Å². The first kappa shape index (κ1) is 14.2. The molecule has 0 aromatic heterocycles. The zero-order valence-electron chi connectivity index (χ0n) is 11.1. The number of halogens is 1. The second-order valence-electron chi connectivity index (χ2n) is 4.65. The van der Waals surface area contributed by atoms with Crippen molar-refractivity contribution in [2.24, 2.45) is 0 Å². The minimum absolute atomic E-state index is 0.513. The third-order valence-electron chi connectivity index (χ3n) is 2.94. The fraction of sp³-hybridized carbons (Fsp3) is 0.500. The average molecular weight is 325 g/mol. The lowest BCUT2D eigenvalue weighted by molar-refractivity contribution is 0.258. The molecule has 1 fully saturated rings. The molecule has 1 unspecified atom stereocenters. The zero-order chi connectivity index (χ0) is 13.8. The third kappa shape index (κ3) is 3.85. The van der Waals surface area contributed by atoms with E-state index in [0.717, 1.165) is 16.6 Å². The number of ether oxygens (including phenoxy) is 2. The van der Waals surface area contributed by atoms with E-state index in [1.807, 2.05) is 18.2 Å². The molecule has 1 aliphatic rings. The molecule has 0 amide bonds. The number of benzene rings is 1. The molecule has 1 saturated carbocycles. The van der Waals surface area contributed by atoms with Gasteiger partial charge in [-0.25, -0.2) is 0 Å². The van der Waals surface area contributed by atoms with Crippen molar-refractivity contribution in [2.45, 2.75) is 38.5 Å². The first-order chi connectivity index (χ1) is 9.13. The second-order valence-corrected chi connectivity index (χ2v) is 5.51. The molecule has 1 aromatic rings. The first-order valence-corrected chi connectivity index (χ1v) is 7.09. The van der Waals surface area contributed by atoms with Crippen LogP contribution in [-0.2, 0) is 6.54 Å². The van der Waals surface area contributed by atoms with Gasteiger partial charge in [0, 0.05) is 12.6 Å². The molecule has 0 bridgehead atoms. The lowest BCUT2D eigenvalue weighted by atomic mass is 10.2.